The minimum absolute atomic E-state index is 0.105. The zero-order valence-electron chi connectivity index (χ0n) is 21.0. The third-order valence-corrected chi connectivity index (χ3v) is 6.94. The van der Waals surface area contributed by atoms with Crippen molar-refractivity contribution in [3.8, 4) is 5.75 Å². The zero-order chi connectivity index (χ0) is 27.5. The lowest BCUT2D eigenvalue weighted by atomic mass is 10.1. The number of benzene rings is 2. The fourth-order valence-electron chi connectivity index (χ4n) is 4.16. The highest BCUT2D eigenvalue weighted by molar-refractivity contribution is 8.18. The minimum atomic E-state index is -0.562. The number of esters is 1. The third-order valence-electron chi connectivity index (χ3n) is 6.03. The quantitative estimate of drug-likeness (QED) is 0.249. The van der Waals surface area contributed by atoms with Crippen LogP contribution >= 0.6 is 11.8 Å². The van der Waals surface area contributed by atoms with Gasteiger partial charge in [0.1, 0.15) is 18.1 Å². The molecule has 10 nitrogen and oxygen atoms in total. The van der Waals surface area contributed by atoms with Crippen LogP contribution in [0.15, 0.2) is 76.2 Å². The number of imide groups is 1. The zero-order valence-corrected chi connectivity index (χ0v) is 21.8. The van der Waals surface area contributed by atoms with Crippen molar-refractivity contribution in [2.45, 2.75) is 6.54 Å². The molecule has 5 rings (SSSR count). The van der Waals surface area contributed by atoms with Gasteiger partial charge in [-0.2, -0.15) is 0 Å². The molecule has 1 fully saturated rings. The van der Waals surface area contributed by atoms with Gasteiger partial charge < -0.3 is 23.8 Å². The number of hydrogen-bond acceptors (Lipinski definition) is 8. The van der Waals surface area contributed by atoms with E-state index in [-0.39, 0.29) is 10.7 Å². The van der Waals surface area contributed by atoms with Gasteiger partial charge >= 0.3 is 5.97 Å². The van der Waals surface area contributed by atoms with Crippen molar-refractivity contribution in [2.75, 3.05) is 26.1 Å². The number of nitrogens with zero attached hydrogens (tertiary/aromatic N) is 2. The number of furan rings is 1. The highest BCUT2D eigenvalue weighted by Gasteiger charge is 2.36. The maximum atomic E-state index is 13.1. The maximum Gasteiger partial charge on any atom is 0.373 e. The number of carbonyl (C=O) groups is 4. The van der Waals surface area contributed by atoms with Gasteiger partial charge in [0.15, 0.2) is 0 Å². The van der Waals surface area contributed by atoms with Crippen LogP contribution in [-0.2, 0) is 20.9 Å². The number of hydrogen-bond donors (Lipinski definition) is 1. The lowest BCUT2D eigenvalue weighted by molar-refractivity contribution is -0.127. The van der Waals surface area contributed by atoms with Gasteiger partial charge in [0.05, 0.1) is 25.7 Å². The molecule has 1 N–H and O–H groups in total. The summed E-state index contributed by atoms with van der Waals surface area (Å²) in [4.78, 5) is 51.1. The molecule has 0 atom stereocenters. The van der Waals surface area contributed by atoms with Crippen molar-refractivity contribution in [2.24, 2.45) is 0 Å². The van der Waals surface area contributed by atoms with E-state index >= 15 is 0 Å². The van der Waals surface area contributed by atoms with Crippen molar-refractivity contribution in [1.29, 1.82) is 0 Å². The number of ether oxygens (including phenoxy) is 2. The lowest BCUT2D eigenvalue weighted by Gasteiger charge is -2.12. The van der Waals surface area contributed by atoms with Crippen molar-refractivity contribution >= 4 is 57.5 Å². The largest absolute Gasteiger partial charge is 0.497 e. The predicted molar refractivity (Wildman–Crippen MR) is 145 cm³/mol. The van der Waals surface area contributed by atoms with Crippen molar-refractivity contribution < 1.29 is 33.1 Å². The Hall–Kier alpha value is -4.77. The molecule has 2 aromatic heterocycles. The van der Waals surface area contributed by atoms with Crippen LogP contribution in [0.25, 0.3) is 17.0 Å². The number of aromatic nitrogens is 1. The summed E-state index contributed by atoms with van der Waals surface area (Å²) in [5.74, 6) is -0.307. The molecule has 2 aromatic carbocycles. The summed E-state index contributed by atoms with van der Waals surface area (Å²) in [7, 11) is 2.82. The normalized spacial score (nSPS) is 14.3. The summed E-state index contributed by atoms with van der Waals surface area (Å²) in [6, 6.07) is 17.6. The van der Waals surface area contributed by atoms with Gasteiger partial charge in [0.2, 0.25) is 11.7 Å². The van der Waals surface area contributed by atoms with Crippen LogP contribution in [0.1, 0.15) is 21.9 Å². The molecule has 1 saturated heterocycles. The molecule has 4 aromatic rings. The molecular formula is C28H23N3O7S. The Balaban J connectivity index is 1.34. The van der Waals surface area contributed by atoms with Crippen LogP contribution < -0.4 is 10.1 Å². The van der Waals surface area contributed by atoms with E-state index in [1.54, 1.807) is 49.6 Å². The van der Waals surface area contributed by atoms with E-state index in [9.17, 15) is 19.2 Å². The Kier molecular flexibility index (Phi) is 7.24. The molecule has 0 aliphatic carbocycles. The number of rotatable bonds is 8. The third kappa shape index (κ3) is 5.43. The monoisotopic (exact) mass is 545 g/mol. The molecule has 198 valence electrons. The second-order valence-electron chi connectivity index (χ2n) is 8.53. The van der Waals surface area contributed by atoms with Crippen molar-refractivity contribution in [3.05, 3.63) is 88.8 Å². The number of anilines is 1. The van der Waals surface area contributed by atoms with Gasteiger partial charge in [-0.1, -0.05) is 18.2 Å². The van der Waals surface area contributed by atoms with Crippen molar-refractivity contribution in [3.63, 3.8) is 0 Å². The molecule has 3 amide bonds. The molecular weight excluding hydrogens is 522 g/mol. The first-order chi connectivity index (χ1) is 18.9. The maximum absolute atomic E-state index is 13.1. The van der Waals surface area contributed by atoms with E-state index in [0.717, 1.165) is 33.1 Å². The van der Waals surface area contributed by atoms with Gasteiger partial charge in [0, 0.05) is 28.4 Å². The van der Waals surface area contributed by atoms with Crippen LogP contribution in [0.2, 0.25) is 0 Å². The smallest absolute Gasteiger partial charge is 0.373 e. The number of fused-ring (bicyclic) bond motifs is 1. The Bertz CT molecular complexity index is 1620. The van der Waals surface area contributed by atoms with Gasteiger partial charge in [-0.25, -0.2) is 4.79 Å². The topological polar surface area (TPSA) is 120 Å². The van der Waals surface area contributed by atoms with Crippen LogP contribution in [0, 0.1) is 0 Å². The van der Waals surface area contributed by atoms with E-state index in [1.807, 2.05) is 35.0 Å². The number of para-hydroxylation sites is 1. The SMILES string of the molecule is COC(=O)c1ccc(Cn2cc(/C=C3\SC(=O)N(CC(=O)Nc4ccc(OC)cc4)C3=O)c3ccccc32)o1. The first-order valence-electron chi connectivity index (χ1n) is 11.8. The van der Waals surface area contributed by atoms with Crippen LogP contribution in [0.3, 0.4) is 0 Å². The number of carbonyl (C=O) groups excluding carboxylic acids is 4. The van der Waals surface area contributed by atoms with Crippen LogP contribution in [0.5, 0.6) is 5.75 Å². The second kappa shape index (κ2) is 10.9. The molecule has 0 unspecified atom stereocenters. The van der Waals surface area contributed by atoms with Gasteiger partial charge in [0.25, 0.3) is 11.1 Å². The first-order valence-corrected chi connectivity index (χ1v) is 12.6. The average Bonchev–Trinajstić information content (AvgIpc) is 3.62. The lowest BCUT2D eigenvalue weighted by Crippen LogP contribution is -2.36. The highest BCUT2D eigenvalue weighted by Crippen LogP contribution is 2.34. The Morgan fingerprint density at radius 3 is 2.54 bits per heavy atom. The van der Waals surface area contributed by atoms with E-state index in [4.69, 9.17) is 13.9 Å². The van der Waals surface area contributed by atoms with Crippen LogP contribution in [-0.4, -0.2) is 53.3 Å². The molecule has 3 heterocycles. The van der Waals surface area contributed by atoms with Crippen LogP contribution in [0.4, 0.5) is 10.5 Å². The molecule has 11 heteroatoms. The summed E-state index contributed by atoms with van der Waals surface area (Å²) in [6.45, 7) is -0.0742. The minimum Gasteiger partial charge on any atom is -0.497 e. The summed E-state index contributed by atoms with van der Waals surface area (Å²) in [5.41, 5.74) is 2.11. The summed E-state index contributed by atoms with van der Waals surface area (Å²) < 4.78 is 17.3. The molecule has 1 aliphatic heterocycles. The second-order valence-corrected chi connectivity index (χ2v) is 9.52. The number of amides is 3. The summed E-state index contributed by atoms with van der Waals surface area (Å²) >= 11 is 0.784. The van der Waals surface area contributed by atoms with Crippen molar-refractivity contribution in [1.82, 2.24) is 9.47 Å². The molecule has 39 heavy (non-hydrogen) atoms. The van der Waals surface area contributed by atoms with E-state index < -0.39 is 29.6 Å². The predicted octanol–water partition coefficient (Wildman–Crippen LogP) is 4.75. The average molecular weight is 546 g/mol. The highest BCUT2D eigenvalue weighted by atomic mass is 32.2. The fraction of sp³-hybridized carbons (Fsp3) is 0.143. The Morgan fingerprint density at radius 1 is 1.03 bits per heavy atom. The number of thioether (sulfide) groups is 1. The van der Waals surface area contributed by atoms with Gasteiger partial charge in [-0.05, 0) is 60.3 Å². The molecule has 1 aliphatic rings. The van der Waals surface area contributed by atoms with Gasteiger partial charge in [-0.15, -0.1) is 0 Å². The molecule has 0 spiro atoms. The number of methoxy groups -OCH3 is 2. The molecule has 0 bridgehead atoms. The van der Waals surface area contributed by atoms with Gasteiger partial charge in [-0.3, -0.25) is 19.3 Å². The Morgan fingerprint density at radius 2 is 1.79 bits per heavy atom. The van der Waals surface area contributed by atoms with E-state index in [0.29, 0.717) is 23.7 Å². The first kappa shape index (κ1) is 25.9. The van der Waals surface area contributed by atoms with E-state index in [1.165, 1.54) is 7.11 Å². The molecule has 0 radical (unpaired) electrons. The summed E-state index contributed by atoms with van der Waals surface area (Å²) in [5, 5.41) is 3.02. The summed E-state index contributed by atoms with van der Waals surface area (Å²) in [6.07, 6.45) is 3.49. The fourth-order valence-corrected chi connectivity index (χ4v) is 4.99. The standard InChI is InChI=1S/C28H23N3O7S/c1-36-19-9-7-18(8-10-19)29-25(32)16-31-26(33)24(39-28(31)35)13-17-14-30(22-6-4-3-5-21(17)22)15-20-11-12-23(38-20)27(34)37-2/h3-14H,15-16H2,1-2H3,(H,29,32)/b24-13-. The number of nitrogens with one attached hydrogen (secondary N) is 1. The molecule has 0 saturated carbocycles. The Labute approximate surface area is 227 Å². The van der Waals surface area contributed by atoms with E-state index in [2.05, 4.69) is 5.32 Å².